The quantitative estimate of drug-likeness (QED) is 0.454. The maximum absolute atomic E-state index is 12.7. The first-order valence-corrected chi connectivity index (χ1v) is 11.1. The van der Waals surface area contributed by atoms with Gasteiger partial charge in [0.05, 0.1) is 24.5 Å². The Balaban J connectivity index is 1.36. The average Bonchev–Trinajstić information content (AvgIpc) is 3.20. The summed E-state index contributed by atoms with van der Waals surface area (Å²) in [5.41, 5.74) is 1.12. The van der Waals surface area contributed by atoms with Crippen LogP contribution in [0.2, 0.25) is 0 Å². The van der Waals surface area contributed by atoms with Crippen molar-refractivity contribution in [1.82, 2.24) is 14.9 Å². The van der Waals surface area contributed by atoms with E-state index < -0.39 is 0 Å². The van der Waals surface area contributed by atoms with E-state index in [1.54, 1.807) is 22.6 Å². The summed E-state index contributed by atoms with van der Waals surface area (Å²) in [7, 11) is 1.84. The number of hydrogen-bond donors (Lipinski definition) is 0. The second-order valence-corrected chi connectivity index (χ2v) is 8.49. The van der Waals surface area contributed by atoms with E-state index in [-0.39, 0.29) is 12.0 Å². The van der Waals surface area contributed by atoms with Crippen LogP contribution in [0.1, 0.15) is 6.92 Å². The van der Waals surface area contributed by atoms with Gasteiger partial charge in [0, 0.05) is 19.0 Å². The van der Waals surface area contributed by atoms with Crippen LogP contribution in [0.25, 0.3) is 10.2 Å². The molecule has 0 saturated carbocycles. The standard InChI is InChI=1S/C20H22N4O2S2/c1-3-24-11-14(26-17-7-5-4-6-16(17)24)10-23(2)18(25)12-28-20-15-8-9-27-19(15)21-13-22-20/h4-9,13-14H,3,10-12H2,1-2H3. The highest BCUT2D eigenvalue weighted by molar-refractivity contribution is 8.00. The first-order chi connectivity index (χ1) is 13.7. The van der Waals surface area contributed by atoms with E-state index in [2.05, 4.69) is 27.9 Å². The van der Waals surface area contributed by atoms with Crippen LogP contribution in [-0.2, 0) is 4.79 Å². The predicted octanol–water partition coefficient (Wildman–Crippen LogP) is 3.53. The lowest BCUT2D eigenvalue weighted by Crippen LogP contribution is -2.47. The van der Waals surface area contributed by atoms with Gasteiger partial charge in [-0.15, -0.1) is 11.3 Å². The minimum atomic E-state index is -0.0450. The number of amides is 1. The predicted molar refractivity (Wildman–Crippen MR) is 115 cm³/mol. The summed E-state index contributed by atoms with van der Waals surface area (Å²) in [6.07, 6.45) is 1.51. The second-order valence-electron chi connectivity index (χ2n) is 6.63. The minimum Gasteiger partial charge on any atom is -0.485 e. The zero-order valence-electron chi connectivity index (χ0n) is 15.9. The SMILES string of the molecule is CCN1CC(CN(C)C(=O)CSc2ncnc3sccc23)Oc2ccccc21. The van der Waals surface area contributed by atoms with E-state index in [0.717, 1.165) is 39.8 Å². The average molecular weight is 415 g/mol. The van der Waals surface area contributed by atoms with Crippen molar-refractivity contribution in [3.63, 3.8) is 0 Å². The summed E-state index contributed by atoms with van der Waals surface area (Å²) in [6.45, 7) is 4.38. The zero-order chi connectivity index (χ0) is 19.5. The molecule has 8 heteroatoms. The lowest BCUT2D eigenvalue weighted by Gasteiger charge is -2.37. The number of rotatable bonds is 6. The van der Waals surface area contributed by atoms with Crippen molar-refractivity contribution >= 4 is 44.9 Å². The molecule has 0 spiro atoms. The molecule has 3 heterocycles. The summed E-state index contributed by atoms with van der Waals surface area (Å²) >= 11 is 3.04. The number of ether oxygens (including phenoxy) is 1. The van der Waals surface area contributed by atoms with E-state index >= 15 is 0 Å². The Kier molecular flexibility index (Phi) is 5.68. The Labute approximate surface area is 172 Å². The molecule has 0 saturated heterocycles. The van der Waals surface area contributed by atoms with Gasteiger partial charge >= 0.3 is 0 Å². The van der Waals surface area contributed by atoms with Crippen molar-refractivity contribution in [3.8, 4) is 5.75 Å². The van der Waals surface area contributed by atoms with Gasteiger partial charge in [-0.3, -0.25) is 4.79 Å². The fourth-order valence-corrected chi connectivity index (χ4v) is 5.02. The molecule has 146 valence electrons. The van der Waals surface area contributed by atoms with Crippen LogP contribution in [0.3, 0.4) is 0 Å². The fourth-order valence-electron chi connectivity index (χ4n) is 3.30. The van der Waals surface area contributed by atoms with Crippen molar-refractivity contribution in [3.05, 3.63) is 42.0 Å². The van der Waals surface area contributed by atoms with Crippen molar-refractivity contribution in [1.29, 1.82) is 0 Å². The molecule has 1 atom stereocenters. The molecule has 3 aromatic rings. The van der Waals surface area contributed by atoms with E-state index in [9.17, 15) is 4.79 Å². The number of carbonyl (C=O) groups is 1. The molecule has 0 bridgehead atoms. The monoisotopic (exact) mass is 414 g/mol. The van der Waals surface area contributed by atoms with Crippen molar-refractivity contribution in [2.24, 2.45) is 0 Å². The Bertz CT molecular complexity index is 978. The smallest absolute Gasteiger partial charge is 0.232 e. The van der Waals surface area contributed by atoms with Crippen LogP contribution < -0.4 is 9.64 Å². The molecule has 4 rings (SSSR count). The third kappa shape index (κ3) is 3.93. The molecule has 1 amide bonds. The van der Waals surface area contributed by atoms with Gasteiger partial charge in [0.25, 0.3) is 0 Å². The summed E-state index contributed by atoms with van der Waals surface area (Å²) in [6, 6.07) is 10.1. The number of likely N-dealkylation sites (N-methyl/N-ethyl adjacent to an activating group) is 2. The molecule has 6 nitrogen and oxygen atoms in total. The van der Waals surface area contributed by atoms with Crippen molar-refractivity contribution in [2.45, 2.75) is 18.1 Å². The van der Waals surface area contributed by atoms with E-state index in [0.29, 0.717) is 12.3 Å². The molecule has 2 aromatic heterocycles. The van der Waals surface area contributed by atoms with Gasteiger partial charge in [-0.1, -0.05) is 23.9 Å². The summed E-state index contributed by atoms with van der Waals surface area (Å²) < 4.78 is 6.13. The maximum atomic E-state index is 12.7. The summed E-state index contributed by atoms with van der Waals surface area (Å²) in [5.74, 6) is 1.30. The molecule has 0 fully saturated rings. The number of fused-ring (bicyclic) bond motifs is 2. The number of thiophene rings is 1. The largest absolute Gasteiger partial charge is 0.485 e. The first kappa shape index (κ1) is 19.0. The number of anilines is 1. The van der Waals surface area contributed by atoms with E-state index in [1.165, 1.54) is 11.8 Å². The first-order valence-electron chi connectivity index (χ1n) is 9.21. The Morgan fingerprint density at radius 3 is 3.07 bits per heavy atom. The number of para-hydroxylation sites is 2. The van der Waals surface area contributed by atoms with Gasteiger partial charge < -0.3 is 14.5 Å². The number of nitrogens with zero attached hydrogens (tertiary/aromatic N) is 4. The van der Waals surface area contributed by atoms with E-state index in [1.807, 2.05) is 36.7 Å². The van der Waals surface area contributed by atoms with Crippen LogP contribution in [0.4, 0.5) is 5.69 Å². The molecular weight excluding hydrogens is 392 g/mol. The number of thioether (sulfide) groups is 1. The Hall–Kier alpha value is -2.32. The minimum absolute atomic E-state index is 0.0450. The van der Waals surface area contributed by atoms with Crippen LogP contribution >= 0.6 is 23.1 Å². The van der Waals surface area contributed by atoms with Gasteiger partial charge in [0.2, 0.25) is 5.91 Å². The second kappa shape index (κ2) is 8.36. The third-order valence-electron chi connectivity index (χ3n) is 4.77. The van der Waals surface area contributed by atoms with Gasteiger partial charge in [0.15, 0.2) is 0 Å². The van der Waals surface area contributed by atoms with E-state index in [4.69, 9.17) is 4.74 Å². The van der Waals surface area contributed by atoms with Crippen LogP contribution in [0.5, 0.6) is 5.75 Å². The number of aromatic nitrogens is 2. The zero-order valence-corrected chi connectivity index (χ0v) is 17.5. The van der Waals surface area contributed by atoms with Gasteiger partial charge in [0.1, 0.15) is 28.0 Å². The highest BCUT2D eigenvalue weighted by atomic mass is 32.2. The Morgan fingerprint density at radius 2 is 2.21 bits per heavy atom. The van der Waals surface area contributed by atoms with Crippen molar-refractivity contribution in [2.75, 3.05) is 37.3 Å². The van der Waals surface area contributed by atoms with Crippen molar-refractivity contribution < 1.29 is 9.53 Å². The molecule has 1 aromatic carbocycles. The van der Waals surface area contributed by atoms with Crippen LogP contribution in [-0.4, -0.2) is 59.3 Å². The molecule has 0 aliphatic carbocycles. The Morgan fingerprint density at radius 1 is 1.36 bits per heavy atom. The fraction of sp³-hybridized carbons (Fsp3) is 0.350. The number of hydrogen-bond acceptors (Lipinski definition) is 7. The number of benzene rings is 1. The molecular formula is C20H22N4O2S2. The molecule has 1 unspecified atom stereocenters. The molecule has 1 aliphatic heterocycles. The lowest BCUT2D eigenvalue weighted by atomic mass is 10.2. The molecule has 0 N–H and O–H groups in total. The highest BCUT2D eigenvalue weighted by Crippen LogP contribution is 2.33. The molecule has 1 aliphatic rings. The summed E-state index contributed by atoms with van der Waals surface area (Å²) in [5, 5.41) is 3.86. The normalized spacial score (nSPS) is 15.9. The number of carbonyl (C=O) groups excluding carboxylic acids is 1. The van der Waals surface area contributed by atoms with Gasteiger partial charge in [-0.2, -0.15) is 0 Å². The van der Waals surface area contributed by atoms with Gasteiger partial charge in [-0.25, -0.2) is 9.97 Å². The van der Waals surface area contributed by atoms with Gasteiger partial charge in [-0.05, 0) is 30.5 Å². The van der Waals surface area contributed by atoms with Crippen LogP contribution in [0.15, 0.2) is 47.1 Å². The van der Waals surface area contributed by atoms with Crippen LogP contribution in [0, 0.1) is 0 Å². The molecule has 28 heavy (non-hydrogen) atoms. The lowest BCUT2D eigenvalue weighted by molar-refractivity contribution is -0.128. The summed E-state index contributed by atoms with van der Waals surface area (Å²) in [4.78, 5) is 26.2. The highest BCUT2D eigenvalue weighted by Gasteiger charge is 2.26. The third-order valence-corrected chi connectivity index (χ3v) is 6.58. The topological polar surface area (TPSA) is 58.6 Å². The maximum Gasteiger partial charge on any atom is 0.232 e. The molecule has 0 radical (unpaired) electrons.